The van der Waals surface area contributed by atoms with Gasteiger partial charge in [-0.2, -0.15) is 0 Å². The van der Waals surface area contributed by atoms with Crippen molar-refractivity contribution in [3.05, 3.63) is 39.9 Å². The second kappa shape index (κ2) is 5.83. The van der Waals surface area contributed by atoms with E-state index in [4.69, 9.17) is 4.99 Å². The number of amidine groups is 1. The molecule has 0 amide bonds. The maximum Gasteiger partial charge on any atom is 0.269 e. The van der Waals surface area contributed by atoms with Gasteiger partial charge in [-0.15, -0.1) is 0 Å². The summed E-state index contributed by atoms with van der Waals surface area (Å²) >= 11 is 1.64. The molecule has 0 saturated heterocycles. The van der Waals surface area contributed by atoms with Gasteiger partial charge in [0.05, 0.1) is 17.0 Å². The van der Waals surface area contributed by atoms with E-state index in [1.54, 1.807) is 23.9 Å². The Morgan fingerprint density at radius 1 is 1.40 bits per heavy atom. The molecule has 1 aromatic carbocycles. The first-order valence-electron chi connectivity index (χ1n) is 6.93. The first kappa shape index (κ1) is 13.4. The minimum Gasteiger partial charge on any atom is -0.360 e. The molecule has 6 heteroatoms. The summed E-state index contributed by atoms with van der Waals surface area (Å²) in [6.45, 7) is 0. The van der Waals surface area contributed by atoms with Gasteiger partial charge < -0.3 is 5.32 Å². The van der Waals surface area contributed by atoms with Crippen LogP contribution in [0.25, 0.3) is 0 Å². The fourth-order valence-electron chi connectivity index (χ4n) is 2.77. The zero-order chi connectivity index (χ0) is 13.9. The highest BCUT2D eigenvalue weighted by molar-refractivity contribution is 8.13. The van der Waals surface area contributed by atoms with Crippen molar-refractivity contribution >= 4 is 22.6 Å². The van der Waals surface area contributed by atoms with E-state index in [-0.39, 0.29) is 10.6 Å². The molecule has 20 heavy (non-hydrogen) atoms. The molecule has 0 radical (unpaired) electrons. The predicted molar refractivity (Wildman–Crippen MR) is 81.0 cm³/mol. The van der Waals surface area contributed by atoms with Crippen LogP contribution in [0.3, 0.4) is 0 Å². The Hall–Kier alpha value is -1.56. The quantitative estimate of drug-likeness (QED) is 0.686. The van der Waals surface area contributed by atoms with Crippen LogP contribution >= 0.6 is 11.8 Å². The van der Waals surface area contributed by atoms with Crippen LogP contribution in [0.15, 0.2) is 29.3 Å². The van der Waals surface area contributed by atoms with Gasteiger partial charge in [0.1, 0.15) is 0 Å². The molecule has 0 unspecified atom stereocenters. The summed E-state index contributed by atoms with van der Waals surface area (Å²) in [6, 6.07) is 7.76. The van der Waals surface area contributed by atoms with Gasteiger partial charge in [0.2, 0.25) is 0 Å². The molecular formula is C14H17N3O2S. The Morgan fingerprint density at radius 2 is 2.25 bits per heavy atom. The highest BCUT2D eigenvalue weighted by Crippen LogP contribution is 2.28. The van der Waals surface area contributed by atoms with Crippen molar-refractivity contribution in [1.29, 1.82) is 0 Å². The predicted octanol–water partition coefficient (Wildman–Crippen LogP) is 3.10. The summed E-state index contributed by atoms with van der Waals surface area (Å²) in [5.74, 6) is 0.715. The third-order valence-electron chi connectivity index (χ3n) is 3.82. The normalized spacial score (nSPS) is 24.7. The maximum atomic E-state index is 10.7. The van der Waals surface area contributed by atoms with E-state index >= 15 is 0 Å². The van der Waals surface area contributed by atoms with Gasteiger partial charge in [-0.1, -0.05) is 36.7 Å². The maximum absolute atomic E-state index is 10.7. The highest BCUT2D eigenvalue weighted by Gasteiger charge is 2.30. The largest absolute Gasteiger partial charge is 0.360 e. The van der Waals surface area contributed by atoms with E-state index in [0.717, 1.165) is 10.7 Å². The molecule has 1 saturated carbocycles. The van der Waals surface area contributed by atoms with E-state index < -0.39 is 0 Å². The Balaban J connectivity index is 1.60. The molecule has 0 spiro atoms. The van der Waals surface area contributed by atoms with Crippen LogP contribution in [0, 0.1) is 10.1 Å². The fraction of sp³-hybridized carbons (Fsp3) is 0.500. The number of non-ortho nitro benzene ring substituents is 1. The van der Waals surface area contributed by atoms with E-state index in [1.165, 1.54) is 31.7 Å². The molecule has 2 atom stereocenters. The number of benzene rings is 1. The van der Waals surface area contributed by atoms with Crippen molar-refractivity contribution < 1.29 is 4.92 Å². The molecule has 1 aromatic rings. The smallest absolute Gasteiger partial charge is 0.269 e. The zero-order valence-electron chi connectivity index (χ0n) is 11.1. The first-order valence-corrected chi connectivity index (χ1v) is 7.91. The van der Waals surface area contributed by atoms with Gasteiger partial charge in [0.15, 0.2) is 5.17 Å². The van der Waals surface area contributed by atoms with E-state index in [0.29, 0.717) is 17.8 Å². The third-order valence-corrected chi connectivity index (χ3v) is 4.79. The van der Waals surface area contributed by atoms with Crippen LogP contribution in [-0.2, 0) is 5.75 Å². The standard InChI is InChI=1S/C14H17N3O2S/c18-17(19)11-5-3-4-10(8-11)9-20-14-15-12-6-1-2-7-13(12)16-14/h3-5,8,12-13H,1-2,6-7,9H2,(H,15,16)/t12-,13+. The van der Waals surface area contributed by atoms with Crippen LogP contribution < -0.4 is 5.32 Å². The van der Waals surface area contributed by atoms with Gasteiger partial charge in [-0.05, 0) is 18.4 Å². The summed E-state index contributed by atoms with van der Waals surface area (Å²) < 4.78 is 0. The van der Waals surface area contributed by atoms with Crippen molar-refractivity contribution in [3.8, 4) is 0 Å². The van der Waals surface area contributed by atoms with Crippen molar-refractivity contribution in [1.82, 2.24) is 5.32 Å². The SMILES string of the molecule is O=[N+]([O-])c1cccc(CSC2=N[C@H]3CCCC[C@H]3N2)c1. The molecule has 1 heterocycles. The second-order valence-corrected chi connectivity index (χ2v) is 6.22. The van der Waals surface area contributed by atoms with E-state index in [2.05, 4.69) is 5.32 Å². The highest BCUT2D eigenvalue weighted by atomic mass is 32.2. The van der Waals surface area contributed by atoms with Crippen LogP contribution in [0.4, 0.5) is 5.69 Å². The number of nitro groups is 1. The number of rotatable bonds is 3. The zero-order valence-corrected chi connectivity index (χ0v) is 11.9. The third kappa shape index (κ3) is 2.95. The molecular weight excluding hydrogens is 274 g/mol. The van der Waals surface area contributed by atoms with Crippen molar-refractivity contribution in [2.24, 2.45) is 4.99 Å². The van der Waals surface area contributed by atoms with Gasteiger partial charge in [0.25, 0.3) is 5.69 Å². The summed E-state index contributed by atoms with van der Waals surface area (Å²) in [5.41, 5.74) is 1.11. The monoisotopic (exact) mass is 291 g/mol. The summed E-state index contributed by atoms with van der Waals surface area (Å²) in [5, 5.41) is 15.2. The lowest BCUT2D eigenvalue weighted by Gasteiger charge is -2.23. The Kier molecular flexibility index (Phi) is 3.91. The summed E-state index contributed by atoms with van der Waals surface area (Å²) in [6.07, 6.45) is 4.94. The number of fused-ring (bicyclic) bond motifs is 1. The number of hydrogen-bond donors (Lipinski definition) is 1. The van der Waals surface area contributed by atoms with Gasteiger partial charge in [-0.25, -0.2) is 0 Å². The summed E-state index contributed by atoms with van der Waals surface area (Å²) in [7, 11) is 0. The van der Waals surface area contributed by atoms with E-state index in [9.17, 15) is 10.1 Å². The van der Waals surface area contributed by atoms with Crippen molar-refractivity contribution in [2.75, 3.05) is 0 Å². The first-order chi connectivity index (χ1) is 9.72. The molecule has 2 aliphatic rings. The summed E-state index contributed by atoms with van der Waals surface area (Å²) in [4.78, 5) is 15.1. The second-order valence-electron chi connectivity index (χ2n) is 5.25. The number of thioether (sulfide) groups is 1. The number of nitrogens with one attached hydrogen (secondary N) is 1. The molecule has 1 fully saturated rings. The molecule has 5 nitrogen and oxygen atoms in total. The van der Waals surface area contributed by atoms with Crippen molar-refractivity contribution in [2.45, 2.75) is 43.5 Å². The minimum absolute atomic E-state index is 0.151. The molecule has 1 N–H and O–H groups in total. The van der Waals surface area contributed by atoms with Gasteiger partial charge in [-0.3, -0.25) is 15.1 Å². The lowest BCUT2D eigenvalue weighted by molar-refractivity contribution is -0.384. The van der Waals surface area contributed by atoms with Crippen molar-refractivity contribution in [3.63, 3.8) is 0 Å². The Labute approximate surface area is 122 Å². The van der Waals surface area contributed by atoms with Crippen LogP contribution in [-0.4, -0.2) is 22.2 Å². The Bertz CT molecular complexity index is 547. The number of aliphatic imine (C=N–C) groups is 1. The Morgan fingerprint density at radius 3 is 3.05 bits per heavy atom. The average molecular weight is 291 g/mol. The average Bonchev–Trinajstić information content (AvgIpc) is 2.88. The van der Waals surface area contributed by atoms with Crippen LogP contribution in [0.5, 0.6) is 0 Å². The van der Waals surface area contributed by atoms with Crippen LogP contribution in [0.2, 0.25) is 0 Å². The minimum atomic E-state index is -0.353. The number of nitro benzene ring substituents is 1. The topological polar surface area (TPSA) is 67.5 Å². The fourth-order valence-corrected chi connectivity index (χ4v) is 3.70. The number of hydrogen-bond acceptors (Lipinski definition) is 5. The number of nitrogens with zero attached hydrogens (tertiary/aromatic N) is 2. The van der Waals surface area contributed by atoms with Gasteiger partial charge >= 0.3 is 0 Å². The molecule has 1 aliphatic carbocycles. The molecule has 106 valence electrons. The van der Waals surface area contributed by atoms with Crippen LogP contribution in [0.1, 0.15) is 31.2 Å². The molecule has 0 bridgehead atoms. The molecule has 0 aromatic heterocycles. The molecule has 3 rings (SSSR count). The van der Waals surface area contributed by atoms with E-state index in [1.807, 2.05) is 6.07 Å². The van der Waals surface area contributed by atoms with Gasteiger partial charge in [0, 0.05) is 17.9 Å². The lowest BCUT2D eigenvalue weighted by Crippen LogP contribution is -2.36. The molecule has 1 aliphatic heterocycles. The lowest BCUT2D eigenvalue weighted by atomic mass is 9.92.